The number of hydrogen-bond donors (Lipinski definition) is 1. The van der Waals surface area contributed by atoms with E-state index in [4.69, 9.17) is 0 Å². The van der Waals surface area contributed by atoms with E-state index >= 15 is 0 Å². The molecule has 1 amide bonds. The molecule has 2 aromatic carbocycles. The van der Waals surface area contributed by atoms with Gasteiger partial charge >= 0.3 is 0 Å². The molecule has 1 heterocycles. The molecule has 0 atom stereocenters. The van der Waals surface area contributed by atoms with Crippen LogP contribution in [0, 0.1) is 0 Å². The summed E-state index contributed by atoms with van der Waals surface area (Å²) in [6, 6.07) is 21.9. The summed E-state index contributed by atoms with van der Waals surface area (Å²) >= 11 is 0. The normalized spacial score (nSPS) is 11.1. The van der Waals surface area contributed by atoms with Crippen LogP contribution in [0.5, 0.6) is 0 Å². The fourth-order valence-corrected chi connectivity index (χ4v) is 4.70. The molecule has 0 radical (unpaired) electrons. The van der Waals surface area contributed by atoms with Crippen LogP contribution in [0.4, 0.5) is 11.5 Å². The van der Waals surface area contributed by atoms with E-state index in [1.165, 1.54) is 16.6 Å². The summed E-state index contributed by atoms with van der Waals surface area (Å²) in [5.41, 5.74) is 1.68. The van der Waals surface area contributed by atoms with Crippen LogP contribution in [0.2, 0.25) is 0 Å². The molecule has 0 fully saturated rings. The summed E-state index contributed by atoms with van der Waals surface area (Å²) < 4.78 is 27.4. The Morgan fingerprint density at radius 1 is 0.969 bits per heavy atom. The third kappa shape index (κ3) is 5.85. The standard InChI is InChI=1S/C24H28N4O3S/c1-3-28(21-12-8-5-9-13-21)32(30,31)22-14-15-23(26-18-22)25-17-16-24(29)27(2)19-20-10-6-4-7-11-20/h4-15,18H,3,16-17,19H2,1-2H3,(H,25,26). The Hall–Kier alpha value is -3.39. The van der Waals surface area contributed by atoms with Crippen molar-refractivity contribution in [1.29, 1.82) is 0 Å². The lowest BCUT2D eigenvalue weighted by atomic mass is 10.2. The number of hydrogen-bond acceptors (Lipinski definition) is 5. The fourth-order valence-electron chi connectivity index (χ4n) is 3.28. The van der Waals surface area contributed by atoms with Gasteiger partial charge in [-0.15, -0.1) is 0 Å². The minimum Gasteiger partial charge on any atom is -0.370 e. The lowest BCUT2D eigenvalue weighted by molar-refractivity contribution is -0.130. The van der Waals surface area contributed by atoms with Crippen LogP contribution in [0.15, 0.2) is 83.9 Å². The van der Waals surface area contributed by atoms with Crippen LogP contribution in [0.25, 0.3) is 0 Å². The molecule has 1 aromatic heterocycles. The smallest absolute Gasteiger partial charge is 0.265 e. The van der Waals surface area contributed by atoms with Gasteiger partial charge in [-0.2, -0.15) is 0 Å². The largest absolute Gasteiger partial charge is 0.370 e. The highest BCUT2D eigenvalue weighted by Gasteiger charge is 2.23. The molecule has 168 valence electrons. The molecule has 3 rings (SSSR count). The number of pyridine rings is 1. The molecular weight excluding hydrogens is 424 g/mol. The number of anilines is 2. The van der Waals surface area contributed by atoms with Crippen LogP contribution in [0.3, 0.4) is 0 Å². The van der Waals surface area contributed by atoms with Crippen LogP contribution >= 0.6 is 0 Å². The predicted octanol–water partition coefficient (Wildman–Crippen LogP) is 3.76. The number of aromatic nitrogens is 1. The third-order valence-corrected chi connectivity index (χ3v) is 6.88. The number of sulfonamides is 1. The number of nitrogens with one attached hydrogen (secondary N) is 1. The van der Waals surface area contributed by atoms with E-state index < -0.39 is 10.0 Å². The van der Waals surface area contributed by atoms with E-state index in [2.05, 4.69) is 10.3 Å². The molecular formula is C24H28N4O3S. The van der Waals surface area contributed by atoms with Gasteiger partial charge in [0.15, 0.2) is 0 Å². The average molecular weight is 453 g/mol. The van der Waals surface area contributed by atoms with Crippen molar-refractivity contribution in [3.05, 3.63) is 84.6 Å². The Morgan fingerprint density at radius 3 is 2.22 bits per heavy atom. The van der Waals surface area contributed by atoms with Gasteiger partial charge in [-0.05, 0) is 36.8 Å². The fraction of sp³-hybridized carbons (Fsp3) is 0.250. The highest BCUT2D eigenvalue weighted by Crippen LogP contribution is 2.23. The second-order valence-corrected chi connectivity index (χ2v) is 9.16. The number of carbonyl (C=O) groups excluding carboxylic acids is 1. The Kier molecular flexibility index (Phi) is 7.83. The van der Waals surface area contributed by atoms with Crippen molar-refractivity contribution in [2.45, 2.75) is 24.8 Å². The molecule has 0 saturated heterocycles. The summed E-state index contributed by atoms with van der Waals surface area (Å²) in [6.07, 6.45) is 1.65. The van der Waals surface area contributed by atoms with Gasteiger partial charge in [-0.1, -0.05) is 48.5 Å². The minimum atomic E-state index is -3.71. The molecule has 8 heteroatoms. The van der Waals surface area contributed by atoms with Crippen LogP contribution in [-0.4, -0.2) is 44.3 Å². The van der Waals surface area contributed by atoms with Gasteiger partial charge in [-0.3, -0.25) is 9.10 Å². The van der Waals surface area contributed by atoms with Gasteiger partial charge in [-0.25, -0.2) is 13.4 Å². The summed E-state index contributed by atoms with van der Waals surface area (Å²) in [4.78, 5) is 18.4. The van der Waals surface area contributed by atoms with Crippen molar-refractivity contribution in [3.63, 3.8) is 0 Å². The minimum absolute atomic E-state index is 0.0157. The maximum absolute atomic E-state index is 13.0. The van der Waals surface area contributed by atoms with Crippen molar-refractivity contribution in [1.82, 2.24) is 9.88 Å². The zero-order chi connectivity index (χ0) is 23.0. The zero-order valence-electron chi connectivity index (χ0n) is 18.3. The Morgan fingerprint density at radius 2 is 1.62 bits per heavy atom. The predicted molar refractivity (Wildman–Crippen MR) is 127 cm³/mol. The first-order valence-electron chi connectivity index (χ1n) is 10.5. The van der Waals surface area contributed by atoms with Gasteiger partial charge in [0.2, 0.25) is 5.91 Å². The second-order valence-electron chi connectivity index (χ2n) is 7.30. The SMILES string of the molecule is CCN(c1ccccc1)S(=O)(=O)c1ccc(NCCC(=O)N(C)Cc2ccccc2)nc1. The first-order chi connectivity index (χ1) is 15.4. The van der Waals surface area contributed by atoms with E-state index in [1.54, 1.807) is 49.2 Å². The average Bonchev–Trinajstić information content (AvgIpc) is 2.81. The molecule has 1 N–H and O–H groups in total. The monoisotopic (exact) mass is 452 g/mol. The Balaban J connectivity index is 1.56. The molecule has 0 saturated carbocycles. The first-order valence-corrected chi connectivity index (χ1v) is 11.9. The van der Waals surface area contributed by atoms with Gasteiger partial charge in [0.05, 0.1) is 5.69 Å². The number of benzene rings is 2. The molecule has 0 aliphatic carbocycles. The number of nitrogens with zero attached hydrogens (tertiary/aromatic N) is 3. The number of carbonyl (C=O) groups is 1. The lowest BCUT2D eigenvalue weighted by Gasteiger charge is -2.22. The van der Waals surface area contributed by atoms with Crippen LogP contribution in [-0.2, 0) is 21.4 Å². The van der Waals surface area contributed by atoms with Crippen molar-refractivity contribution < 1.29 is 13.2 Å². The third-order valence-electron chi connectivity index (χ3n) is 4.99. The van der Waals surface area contributed by atoms with Crippen molar-refractivity contribution in [2.75, 3.05) is 29.8 Å². The summed E-state index contributed by atoms with van der Waals surface area (Å²) in [7, 11) is -1.94. The van der Waals surface area contributed by atoms with Gasteiger partial charge in [0.1, 0.15) is 10.7 Å². The van der Waals surface area contributed by atoms with E-state index in [9.17, 15) is 13.2 Å². The molecule has 0 unspecified atom stereocenters. The summed E-state index contributed by atoms with van der Waals surface area (Å²) in [6.45, 7) is 3.06. The Labute approximate surface area is 189 Å². The summed E-state index contributed by atoms with van der Waals surface area (Å²) in [5.74, 6) is 0.534. The van der Waals surface area contributed by atoms with E-state index in [-0.39, 0.29) is 10.8 Å². The molecule has 0 aliphatic rings. The molecule has 7 nitrogen and oxygen atoms in total. The maximum Gasteiger partial charge on any atom is 0.265 e. The number of para-hydroxylation sites is 1. The molecule has 3 aromatic rings. The van der Waals surface area contributed by atoms with E-state index in [1.807, 2.05) is 36.4 Å². The topological polar surface area (TPSA) is 82.6 Å². The van der Waals surface area contributed by atoms with Crippen LogP contribution in [0.1, 0.15) is 18.9 Å². The van der Waals surface area contributed by atoms with Crippen molar-refractivity contribution >= 4 is 27.4 Å². The molecule has 0 bridgehead atoms. The maximum atomic E-state index is 13.0. The van der Waals surface area contributed by atoms with E-state index in [0.29, 0.717) is 37.6 Å². The second kappa shape index (κ2) is 10.8. The molecule has 0 spiro atoms. The molecule has 0 aliphatic heterocycles. The van der Waals surface area contributed by atoms with Crippen molar-refractivity contribution in [3.8, 4) is 0 Å². The van der Waals surface area contributed by atoms with E-state index in [0.717, 1.165) is 5.56 Å². The highest BCUT2D eigenvalue weighted by molar-refractivity contribution is 7.92. The quantitative estimate of drug-likeness (QED) is 0.507. The molecule has 32 heavy (non-hydrogen) atoms. The zero-order valence-corrected chi connectivity index (χ0v) is 19.1. The first kappa shape index (κ1) is 23.3. The number of rotatable bonds is 10. The highest BCUT2D eigenvalue weighted by atomic mass is 32.2. The Bertz CT molecular complexity index is 1110. The lowest BCUT2D eigenvalue weighted by Crippen LogP contribution is -2.30. The van der Waals surface area contributed by atoms with Gasteiger partial charge in [0.25, 0.3) is 10.0 Å². The van der Waals surface area contributed by atoms with Gasteiger partial charge in [0, 0.05) is 39.3 Å². The van der Waals surface area contributed by atoms with Crippen LogP contribution < -0.4 is 9.62 Å². The van der Waals surface area contributed by atoms with Gasteiger partial charge < -0.3 is 10.2 Å². The van der Waals surface area contributed by atoms with Crippen molar-refractivity contribution in [2.24, 2.45) is 0 Å². The summed E-state index contributed by atoms with van der Waals surface area (Å²) in [5, 5.41) is 3.08. The number of amides is 1.